The summed E-state index contributed by atoms with van der Waals surface area (Å²) in [5, 5.41) is 66.8. The molecule has 1 saturated heterocycles. The van der Waals surface area contributed by atoms with Crippen molar-refractivity contribution in [1.29, 1.82) is 0 Å². The van der Waals surface area contributed by atoms with E-state index in [2.05, 4.69) is 25.0 Å². The third-order valence-electron chi connectivity index (χ3n) is 13.1. The SMILES string of the molecule is CC(C)[C@H](CC[C@@H](C)[C@H]1C[C@@H](O)[C@@H]2[C@]1(C)CC[C@@H]1[C@@]3(C)CC[C@H](O)C[C@@H]3[C@@H](O)C[C@]12O)O[C@@H]1OC[C@@H](OS(=O)(=O)O)[C@H](O)[C@H]1O. The highest BCUT2D eigenvalue weighted by Gasteiger charge is 2.70. The maximum absolute atomic E-state index is 12.5. The predicted octanol–water partition coefficient (Wildman–Crippen LogP) is 1.79. The highest BCUT2D eigenvalue weighted by atomic mass is 32.3. The molecule has 0 aromatic carbocycles. The lowest BCUT2D eigenvalue weighted by molar-refractivity contribution is -0.284. The van der Waals surface area contributed by atoms with E-state index in [4.69, 9.17) is 14.0 Å². The average molecular weight is 665 g/mol. The molecule has 0 aromatic heterocycles. The van der Waals surface area contributed by atoms with Crippen molar-refractivity contribution in [3.05, 3.63) is 0 Å². The maximum atomic E-state index is 12.5. The molecule has 5 aliphatic rings. The molecule has 13 heteroatoms. The molecule has 1 heterocycles. The first kappa shape index (κ1) is 35.8. The average Bonchev–Trinajstić information content (AvgIpc) is 3.21. The Labute approximate surface area is 267 Å². The fraction of sp³-hybridized carbons (Fsp3) is 1.00. The Morgan fingerprint density at radius 2 is 1.58 bits per heavy atom. The number of hydrogen-bond donors (Lipinski definition) is 7. The summed E-state index contributed by atoms with van der Waals surface area (Å²) in [7, 11) is -4.85. The number of fused-ring (bicyclic) bond motifs is 5. The lowest BCUT2D eigenvalue weighted by Gasteiger charge is -2.66. The molecular formula is C32H56O12S. The Balaban J connectivity index is 1.25. The van der Waals surface area contributed by atoms with Crippen LogP contribution in [0.1, 0.15) is 92.4 Å². The van der Waals surface area contributed by atoms with Crippen LogP contribution < -0.4 is 0 Å². The minimum absolute atomic E-state index is 0.0250. The van der Waals surface area contributed by atoms with Gasteiger partial charge in [0.15, 0.2) is 6.29 Å². The Morgan fingerprint density at radius 1 is 0.911 bits per heavy atom. The van der Waals surface area contributed by atoms with Gasteiger partial charge in [0.1, 0.15) is 18.3 Å². The summed E-state index contributed by atoms with van der Waals surface area (Å²) < 4.78 is 47.1. The highest BCUT2D eigenvalue weighted by molar-refractivity contribution is 7.80. The summed E-state index contributed by atoms with van der Waals surface area (Å²) in [5.74, 6) is -0.161. The molecule has 1 aliphatic heterocycles. The van der Waals surface area contributed by atoms with Crippen molar-refractivity contribution < 1.29 is 57.3 Å². The van der Waals surface area contributed by atoms with Gasteiger partial charge in [-0.25, -0.2) is 4.18 Å². The molecule has 0 unspecified atom stereocenters. The fourth-order valence-electron chi connectivity index (χ4n) is 10.9. The largest absolute Gasteiger partial charge is 0.397 e. The van der Waals surface area contributed by atoms with Crippen LogP contribution in [0.4, 0.5) is 0 Å². The first-order valence-electron chi connectivity index (χ1n) is 16.9. The summed E-state index contributed by atoms with van der Waals surface area (Å²) in [6.45, 7) is 10.1. The van der Waals surface area contributed by atoms with E-state index in [0.29, 0.717) is 25.7 Å². The van der Waals surface area contributed by atoms with Gasteiger partial charge in [-0.1, -0.05) is 34.6 Å². The Kier molecular flexibility index (Phi) is 10.2. The van der Waals surface area contributed by atoms with Crippen molar-refractivity contribution in [2.75, 3.05) is 6.61 Å². The van der Waals surface area contributed by atoms with E-state index in [1.807, 2.05) is 13.8 Å². The van der Waals surface area contributed by atoms with E-state index in [1.165, 1.54) is 0 Å². The third-order valence-corrected chi connectivity index (χ3v) is 13.6. The highest BCUT2D eigenvalue weighted by Crippen LogP contribution is 2.69. The minimum Gasteiger partial charge on any atom is -0.393 e. The van der Waals surface area contributed by atoms with E-state index < -0.39 is 65.5 Å². The first-order valence-corrected chi connectivity index (χ1v) is 18.2. The maximum Gasteiger partial charge on any atom is 0.397 e. The molecule has 0 bridgehead atoms. The molecule has 4 aliphatic carbocycles. The quantitative estimate of drug-likeness (QED) is 0.176. The van der Waals surface area contributed by atoms with E-state index in [-0.39, 0.29) is 58.9 Å². The van der Waals surface area contributed by atoms with Gasteiger partial charge in [0.25, 0.3) is 0 Å². The molecule has 0 radical (unpaired) electrons. The van der Waals surface area contributed by atoms with Crippen LogP contribution in [0.25, 0.3) is 0 Å². The van der Waals surface area contributed by atoms with Crippen molar-refractivity contribution in [3.8, 4) is 0 Å². The van der Waals surface area contributed by atoms with E-state index in [0.717, 1.165) is 25.7 Å². The number of aliphatic hydroxyl groups excluding tert-OH is 5. The fourth-order valence-corrected chi connectivity index (χ4v) is 11.4. The zero-order chi connectivity index (χ0) is 33.3. The zero-order valence-corrected chi connectivity index (χ0v) is 28.1. The standard InChI is InChI=1S/C32H56O12S/c1-16(2)23(43-29-27(37)26(36)24(15-42-29)44-45(39,40)41)7-6-17(3)19-13-21(34)28-31(19,5)11-9-25-30(4)10-8-18(33)12-20(30)22(35)14-32(25,28)38/h16-29,33-38H,6-15H2,1-5H3,(H,39,40,41)/t17-,18+,19-,20-,21-,22+,23+,24-,25-,26+,27-,28-,29+,30+,31-,32+/m1/s1. The number of rotatable bonds is 9. The lowest BCUT2D eigenvalue weighted by Crippen LogP contribution is -2.68. The van der Waals surface area contributed by atoms with Gasteiger partial charge in [0.2, 0.25) is 0 Å². The summed E-state index contributed by atoms with van der Waals surface area (Å²) in [6, 6.07) is 0. The van der Waals surface area contributed by atoms with Crippen LogP contribution in [-0.4, -0.2) is 105 Å². The van der Waals surface area contributed by atoms with Crippen molar-refractivity contribution in [3.63, 3.8) is 0 Å². The second-order valence-corrected chi connectivity index (χ2v) is 17.1. The zero-order valence-electron chi connectivity index (χ0n) is 27.2. The first-order chi connectivity index (χ1) is 20.8. The summed E-state index contributed by atoms with van der Waals surface area (Å²) in [5.41, 5.74) is -1.82. The van der Waals surface area contributed by atoms with Crippen LogP contribution in [-0.2, 0) is 24.1 Å². The van der Waals surface area contributed by atoms with Gasteiger partial charge in [-0.3, -0.25) is 4.55 Å². The number of ether oxygens (including phenoxy) is 2. The summed E-state index contributed by atoms with van der Waals surface area (Å²) >= 11 is 0. The lowest BCUT2D eigenvalue weighted by atomic mass is 9.42. The summed E-state index contributed by atoms with van der Waals surface area (Å²) in [6.07, 6.45) is -2.36. The molecule has 5 rings (SSSR count). The smallest absolute Gasteiger partial charge is 0.393 e. The van der Waals surface area contributed by atoms with Gasteiger partial charge < -0.3 is 40.1 Å². The monoisotopic (exact) mass is 664 g/mol. The predicted molar refractivity (Wildman–Crippen MR) is 162 cm³/mol. The van der Waals surface area contributed by atoms with Crippen LogP contribution in [0.3, 0.4) is 0 Å². The van der Waals surface area contributed by atoms with Crippen molar-refractivity contribution in [1.82, 2.24) is 0 Å². The molecular weight excluding hydrogens is 608 g/mol. The number of aliphatic hydroxyl groups is 6. The molecule has 0 amide bonds. The van der Waals surface area contributed by atoms with Crippen LogP contribution in [0.5, 0.6) is 0 Å². The molecule has 7 N–H and O–H groups in total. The normalized spacial score (nSPS) is 50.0. The van der Waals surface area contributed by atoms with Gasteiger partial charge in [0.05, 0.1) is 36.6 Å². The van der Waals surface area contributed by atoms with E-state index >= 15 is 0 Å². The van der Waals surface area contributed by atoms with E-state index in [9.17, 15) is 39.1 Å². The molecule has 45 heavy (non-hydrogen) atoms. The van der Waals surface area contributed by atoms with Crippen LogP contribution in [0, 0.1) is 46.3 Å². The van der Waals surface area contributed by atoms with Crippen LogP contribution in [0.15, 0.2) is 0 Å². The molecule has 262 valence electrons. The molecule has 0 spiro atoms. The molecule has 16 atom stereocenters. The summed E-state index contributed by atoms with van der Waals surface area (Å²) in [4.78, 5) is 0. The van der Waals surface area contributed by atoms with Gasteiger partial charge in [-0.15, -0.1) is 0 Å². The Morgan fingerprint density at radius 3 is 2.22 bits per heavy atom. The second-order valence-electron chi connectivity index (χ2n) is 16.0. The van der Waals surface area contributed by atoms with Crippen molar-refractivity contribution >= 4 is 10.4 Å². The van der Waals surface area contributed by atoms with E-state index in [1.54, 1.807) is 0 Å². The van der Waals surface area contributed by atoms with Crippen molar-refractivity contribution in [2.45, 2.75) is 147 Å². The second kappa shape index (κ2) is 12.8. The van der Waals surface area contributed by atoms with Gasteiger partial charge in [-0.2, -0.15) is 8.42 Å². The molecule has 0 aromatic rings. The van der Waals surface area contributed by atoms with Gasteiger partial charge in [0, 0.05) is 12.3 Å². The molecule has 12 nitrogen and oxygen atoms in total. The molecule has 4 saturated carbocycles. The Hall–Kier alpha value is -0.450. The molecule has 5 fully saturated rings. The third kappa shape index (κ3) is 6.50. The van der Waals surface area contributed by atoms with Gasteiger partial charge >= 0.3 is 10.4 Å². The van der Waals surface area contributed by atoms with Crippen LogP contribution >= 0.6 is 0 Å². The van der Waals surface area contributed by atoms with Crippen molar-refractivity contribution in [2.24, 2.45) is 46.3 Å². The van der Waals surface area contributed by atoms with Crippen LogP contribution in [0.2, 0.25) is 0 Å². The van der Waals surface area contributed by atoms with Gasteiger partial charge in [-0.05, 0) is 91.8 Å². The number of hydrogen-bond acceptors (Lipinski definition) is 11. The Bertz CT molecular complexity index is 1150. The topological polar surface area (TPSA) is 203 Å². The minimum atomic E-state index is -4.85.